The van der Waals surface area contributed by atoms with Gasteiger partial charge in [0.15, 0.2) is 0 Å². The number of hydrogen-bond donors (Lipinski definition) is 1. The maximum absolute atomic E-state index is 11.7. The summed E-state index contributed by atoms with van der Waals surface area (Å²) in [4.78, 5) is 2.23. The molecule has 0 aromatic heterocycles. The first kappa shape index (κ1) is 14.1. The fourth-order valence-corrected chi connectivity index (χ4v) is 2.54. The smallest absolute Gasteiger partial charge is 0.235 e. The van der Waals surface area contributed by atoms with Crippen molar-refractivity contribution in [1.82, 2.24) is 0 Å². The lowest BCUT2D eigenvalue weighted by Gasteiger charge is -2.29. The molecule has 6 heteroatoms. The van der Waals surface area contributed by atoms with Crippen LogP contribution >= 0.6 is 0 Å². The first-order chi connectivity index (χ1) is 8.99. The van der Waals surface area contributed by atoms with Crippen LogP contribution in [-0.2, 0) is 14.8 Å². The fraction of sp³-hybridized carbons (Fsp3) is 0.538. The minimum Gasteiger partial charge on any atom is -0.378 e. The first-order valence-corrected chi connectivity index (χ1v) is 7.98. The summed E-state index contributed by atoms with van der Waals surface area (Å²) < 4.78 is 31.4. The van der Waals surface area contributed by atoms with Gasteiger partial charge in [-0.15, -0.1) is 0 Å². The lowest BCUT2D eigenvalue weighted by molar-refractivity contribution is 0.122. The summed E-state index contributed by atoms with van der Waals surface area (Å²) in [7, 11) is -3.27. The predicted octanol–water partition coefficient (Wildman–Crippen LogP) is 1.67. The molecule has 1 N–H and O–H groups in total. The molecule has 1 fully saturated rings. The largest absolute Gasteiger partial charge is 0.378 e. The van der Waals surface area contributed by atoms with Crippen molar-refractivity contribution < 1.29 is 13.2 Å². The number of hydrogen-bond acceptors (Lipinski definition) is 4. The number of benzene rings is 1. The molecule has 1 saturated heterocycles. The van der Waals surface area contributed by atoms with Crippen molar-refractivity contribution in [1.29, 1.82) is 0 Å². The Morgan fingerprint density at radius 1 is 1.16 bits per heavy atom. The maximum atomic E-state index is 11.7. The van der Waals surface area contributed by atoms with Gasteiger partial charge in [0.05, 0.1) is 18.5 Å². The van der Waals surface area contributed by atoms with E-state index in [1.807, 2.05) is 12.1 Å². The Morgan fingerprint density at radius 3 is 2.26 bits per heavy atom. The van der Waals surface area contributed by atoms with E-state index in [1.54, 1.807) is 26.0 Å². The molecule has 106 valence electrons. The molecule has 19 heavy (non-hydrogen) atoms. The Labute approximate surface area is 114 Å². The molecule has 1 aromatic rings. The van der Waals surface area contributed by atoms with E-state index in [2.05, 4.69) is 9.62 Å². The average Bonchev–Trinajstić information content (AvgIpc) is 2.40. The Balaban J connectivity index is 2.06. The third-order valence-electron chi connectivity index (χ3n) is 3.12. The highest BCUT2D eigenvalue weighted by Gasteiger charge is 2.16. The van der Waals surface area contributed by atoms with Crippen LogP contribution in [-0.4, -0.2) is 40.0 Å². The van der Waals surface area contributed by atoms with E-state index in [4.69, 9.17) is 4.74 Å². The lowest BCUT2D eigenvalue weighted by Crippen LogP contribution is -2.36. The Kier molecular flexibility index (Phi) is 4.31. The number of morpholine rings is 1. The highest BCUT2D eigenvalue weighted by atomic mass is 32.2. The van der Waals surface area contributed by atoms with Crippen molar-refractivity contribution in [3.8, 4) is 0 Å². The van der Waals surface area contributed by atoms with Crippen molar-refractivity contribution in [2.24, 2.45) is 0 Å². The van der Waals surface area contributed by atoms with Crippen LogP contribution < -0.4 is 9.62 Å². The number of rotatable bonds is 4. The topological polar surface area (TPSA) is 58.6 Å². The minimum absolute atomic E-state index is 0.439. The van der Waals surface area contributed by atoms with Gasteiger partial charge in [-0.05, 0) is 38.1 Å². The summed E-state index contributed by atoms with van der Waals surface area (Å²) in [6.45, 7) is 6.53. The van der Waals surface area contributed by atoms with Crippen LogP contribution in [0.4, 0.5) is 11.4 Å². The van der Waals surface area contributed by atoms with E-state index in [0.717, 1.165) is 32.0 Å². The lowest BCUT2D eigenvalue weighted by atomic mass is 10.2. The van der Waals surface area contributed by atoms with Crippen LogP contribution in [0.5, 0.6) is 0 Å². The number of nitrogens with zero attached hydrogens (tertiary/aromatic N) is 1. The second-order valence-corrected chi connectivity index (χ2v) is 7.08. The van der Waals surface area contributed by atoms with E-state index >= 15 is 0 Å². The SMILES string of the molecule is CC(C)S(=O)(=O)Nc1ccc(N2CCOCC2)cc1. The normalized spacial score (nSPS) is 16.7. The fourth-order valence-electron chi connectivity index (χ4n) is 1.84. The highest BCUT2D eigenvalue weighted by Crippen LogP contribution is 2.20. The van der Waals surface area contributed by atoms with Crippen LogP contribution in [0.2, 0.25) is 0 Å². The summed E-state index contributed by atoms with van der Waals surface area (Å²) in [5.41, 5.74) is 1.70. The Bertz CT molecular complexity index is 505. The monoisotopic (exact) mass is 284 g/mol. The number of nitrogens with one attached hydrogen (secondary N) is 1. The highest BCUT2D eigenvalue weighted by molar-refractivity contribution is 7.93. The molecule has 0 radical (unpaired) electrons. The predicted molar refractivity (Wildman–Crippen MR) is 77.2 cm³/mol. The molecule has 0 amide bonds. The molecule has 0 spiro atoms. The Hall–Kier alpha value is -1.27. The van der Waals surface area contributed by atoms with Gasteiger partial charge in [0, 0.05) is 24.5 Å². The quantitative estimate of drug-likeness (QED) is 0.914. The molecule has 0 unspecified atom stereocenters. The molecule has 0 atom stereocenters. The zero-order valence-corrected chi connectivity index (χ0v) is 12.1. The molecule has 1 aliphatic rings. The molecule has 1 aliphatic heterocycles. The second-order valence-electron chi connectivity index (χ2n) is 4.84. The summed E-state index contributed by atoms with van der Waals surface area (Å²) in [6, 6.07) is 7.46. The summed E-state index contributed by atoms with van der Waals surface area (Å²) in [6.07, 6.45) is 0. The molecule has 2 rings (SSSR count). The van der Waals surface area contributed by atoms with Gasteiger partial charge in [-0.1, -0.05) is 0 Å². The molecular formula is C13H20N2O3S. The van der Waals surface area contributed by atoms with Crippen molar-refractivity contribution in [2.75, 3.05) is 35.9 Å². The summed E-state index contributed by atoms with van der Waals surface area (Å²) >= 11 is 0. The third-order valence-corrected chi connectivity index (χ3v) is 4.89. The summed E-state index contributed by atoms with van der Waals surface area (Å²) in [5, 5.41) is -0.439. The van der Waals surface area contributed by atoms with Crippen molar-refractivity contribution in [2.45, 2.75) is 19.1 Å². The van der Waals surface area contributed by atoms with E-state index in [1.165, 1.54) is 0 Å². The van der Waals surface area contributed by atoms with Gasteiger partial charge in [-0.3, -0.25) is 4.72 Å². The molecule has 5 nitrogen and oxygen atoms in total. The molecule has 1 heterocycles. The van der Waals surface area contributed by atoms with Gasteiger partial charge in [0.2, 0.25) is 10.0 Å². The zero-order chi connectivity index (χ0) is 13.9. The Morgan fingerprint density at radius 2 is 1.74 bits per heavy atom. The molecule has 1 aromatic carbocycles. The summed E-state index contributed by atoms with van der Waals surface area (Å²) in [5.74, 6) is 0. The number of ether oxygens (including phenoxy) is 1. The molecular weight excluding hydrogens is 264 g/mol. The second kappa shape index (κ2) is 5.79. The van der Waals surface area contributed by atoms with Crippen LogP contribution in [0.25, 0.3) is 0 Å². The van der Waals surface area contributed by atoms with Gasteiger partial charge in [0.1, 0.15) is 0 Å². The maximum Gasteiger partial charge on any atom is 0.235 e. The van der Waals surface area contributed by atoms with Gasteiger partial charge in [-0.25, -0.2) is 8.42 Å². The molecule has 0 aliphatic carbocycles. The first-order valence-electron chi connectivity index (χ1n) is 6.43. The van der Waals surface area contributed by atoms with Crippen LogP contribution in [0, 0.1) is 0 Å². The van der Waals surface area contributed by atoms with Gasteiger partial charge in [0.25, 0.3) is 0 Å². The van der Waals surface area contributed by atoms with Gasteiger partial charge < -0.3 is 9.64 Å². The van der Waals surface area contributed by atoms with E-state index in [0.29, 0.717) is 5.69 Å². The van der Waals surface area contributed by atoms with Gasteiger partial charge >= 0.3 is 0 Å². The van der Waals surface area contributed by atoms with Crippen LogP contribution in [0.3, 0.4) is 0 Å². The number of sulfonamides is 1. The molecule has 0 saturated carbocycles. The van der Waals surface area contributed by atoms with E-state index < -0.39 is 15.3 Å². The van der Waals surface area contributed by atoms with Crippen molar-refractivity contribution >= 4 is 21.4 Å². The zero-order valence-electron chi connectivity index (χ0n) is 11.3. The standard InChI is InChI=1S/C13H20N2O3S/c1-11(2)19(16,17)14-12-3-5-13(6-4-12)15-7-9-18-10-8-15/h3-6,11,14H,7-10H2,1-2H3. The third kappa shape index (κ3) is 3.61. The minimum atomic E-state index is -3.27. The van der Waals surface area contributed by atoms with E-state index in [9.17, 15) is 8.42 Å². The van der Waals surface area contributed by atoms with Crippen LogP contribution in [0.1, 0.15) is 13.8 Å². The molecule has 0 bridgehead atoms. The van der Waals surface area contributed by atoms with Crippen molar-refractivity contribution in [3.63, 3.8) is 0 Å². The van der Waals surface area contributed by atoms with E-state index in [-0.39, 0.29) is 0 Å². The van der Waals surface area contributed by atoms with Crippen molar-refractivity contribution in [3.05, 3.63) is 24.3 Å². The van der Waals surface area contributed by atoms with Gasteiger partial charge in [-0.2, -0.15) is 0 Å². The average molecular weight is 284 g/mol. The number of anilines is 2. The van der Waals surface area contributed by atoms with Crippen LogP contribution in [0.15, 0.2) is 24.3 Å².